The standard InChI is InChI=1S/CH2Cl2O4S/c2-6-1-7-8(3,4)5/h1H2. The molecule has 0 aliphatic rings. The second-order valence-corrected chi connectivity index (χ2v) is 3.11. The average Bonchev–Trinajstić information content (AvgIpc) is 1.59. The molecule has 50 valence electrons. The molecule has 0 aliphatic carbocycles. The Kier molecular flexibility index (Phi) is 3.67. The quantitative estimate of drug-likeness (QED) is 0.472. The maximum Gasteiger partial charge on any atom is 0.357 e. The molecule has 0 aliphatic heterocycles. The summed E-state index contributed by atoms with van der Waals surface area (Å²) >= 11 is 4.56. The van der Waals surface area contributed by atoms with E-state index in [-0.39, 0.29) is 0 Å². The average molecular weight is 181 g/mol. The van der Waals surface area contributed by atoms with Crippen LogP contribution in [0.15, 0.2) is 0 Å². The summed E-state index contributed by atoms with van der Waals surface area (Å²) in [5.74, 6) is 0. The van der Waals surface area contributed by atoms with Crippen molar-refractivity contribution in [3.05, 3.63) is 0 Å². The topological polar surface area (TPSA) is 52.6 Å². The van der Waals surface area contributed by atoms with E-state index in [0.717, 1.165) is 0 Å². The van der Waals surface area contributed by atoms with Gasteiger partial charge in [-0.2, -0.15) is 8.42 Å². The maximum absolute atomic E-state index is 9.79. The summed E-state index contributed by atoms with van der Waals surface area (Å²) in [6, 6.07) is 0. The monoisotopic (exact) mass is 180 g/mol. The number of rotatable bonds is 3. The van der Waals surface area contributed by atoms with Crippen LogP contribution < -0.4 is 0 Å². The van der Waals surface area contributed by atoms with Crippen molar-refractivity contribution in [2.75, 3.05) is 6.79 Å². The molecule has 0 N–H and O–H groups in total. The van der Waals surface area contributed by atoms with Crippen molar-refractivity contribution in [1.29, 1.82) is 0 Å². The molecule has 0 saturated heterocycles. The second kappa shape index (κ2) is 3.47. The van der Waals surface area contributed by atoms with Crippen LogP contribution in [-0.4, -0.2) is 15.2 Å². The van der Waals surface area contributed by atoms with Crippen molar-refractivity contribution in [3.63, 3.8) is 0 Å². The molecule has 0 unspecified atom stereocenters. The molecule has 0 fully saturated rings. The summed E-state index contributed by atoms with van der Waals surface area (Å²) in [4.78, 5) is 0. The molecule has 0 saturated carbocycles. The van der Waals surface area contributed by atoms with Crippen LogP contribution in [0.4, 0.5) is 0 Å². The number of hydrogen-bond donors (Lipinski definition) is 0. The Bertz CT molecular complexity index is 138. The summed E-state index contributed by atoms with van der Waals surface area (Å²) in [5, 5.41) is 0. The molecule has 0 atom stereocenters. The van der Waals surface area contributed by atoms with Crippen LogP contribution in [0, 0.1) is 0 Å². The van der Waals surface area contributed by atoms with E-state index in [4.69, 9.17) is 0 Å². The van der Waals surface area contributed by atoms with Crippen LogP contribution in [0.2, 0.25) is 0 Å². The molecule has 0 radical (unpaired) electrons. The molecule has 0 aromatic rings. The molecule has 7 heteroatoms. The zero-order valence-corrected chi connectivity index (χ0v) is 5.83. The van der Waals surface area contributed by atoms with Crippen LogP contribution in [0.25, 0.3) is 0 Å². The van der Waals surface area contributed by atoms with E-state index in [2.05, 4.69) is 31.0 Å². The van der Waals surface area contributed by atoms with Gasteiger partial charge in [0.1, 0.15) is 0 Å². The highest BCUT2D eigenvalue weighted by atomic mass is 35.7. The lowest BCUT2D eigenvalue weighted by molar-refractivity contribution is 0.142. The van der Waals surface area contributed by atoms with Crippen LogP contribution in [0.5, 0.6) is 0 Å². The van der Waals surface area contributed by atoms with Crippen LogP contribution in [0.1, 0.15) is 0 Å². The molecule has 0 bridgehead atoms. The minimum absolute atomic E-state index is 0.576. The molecule has 0 aromatic heterocycles. The normalized spacial score (nSPS) is 11.8. The van der Waals surface area contributed by atoms with Gasteiger partial charge in [0.05, 0.1) is 11.9 Å². The van der Waals surface area contributed by atoms with Crippen molar-refractivity contribution in [3.8, 4) is 0 Å². The van der Waals surface area contributed by atoms with Gasteiger partial charge in [0.25, 0.3) is 0 Å². The van der Waals surface area contributed by atoms with Gasteiger partial charge in [0.2, 0.25) is 0 Å². The van der Waals surface area contributed by atoms with Crippen LogP contribution >= 0.6 is 22.5 Å². The molecule has 0 spiro atoms. The second-order valence-electron chi connectivity index (χ2n) is 0.738. The van der Waals surface area contributed by atoms with Crippen molar-refractivity contribution in [2.45, 2.75) is 0 Å². The minimum atomic E-state index is -3.92. The van der Waals surface area contributed by atoms with Gasteiger partial charge in [-0.25, -0.2) is 8.47 Å². The summed E-state index contributed by atoms with van der Waals surface area (Å²) in [5.41, 5.74) is 0. The third kappa shape index (κ3) is 6.45. The van der Waals surface area contributed by atoms with Gasteiger partial charge in [0.15, 0.2) is 6.79 Å². The van der Waals surface area contributed by atoms with E-state index in [9.17, 15) is 8.42 Å². The highest BCUT2D eigenvalue weighted by Crippen LogP contribution is 1.98. The molecular formula is CH2Cl2O4S. The van der Waals surface area contributed by atoms with Gasteiger partial charge in [-0.3, -0.25) is 0 Å². The molecular weight excluding hydrogens is 179 g/mol. The van der Waals surface area contributed by atoms with Crippen molar-refractivity contribution in [2.24, 2.45) is 0 Å². The van der Waals surface area contributed by atoms with Gasteiger partial charge in [-0.15, -0.1) is 0 Å². The first-order valence-corrected chi connectivity index (χ1v) is 3.93. The fraction of sp³-hybridized carbons (Fsp3) is 1.00. The summed E-state index contributed by atoms with van der Waals surface area (Å²) in [7, 11) is 0.600. The largest absolute Gasteiger partial charge is 0.357 e. The predicted octanol–water partition coefficient (Wildman–Crippen LogP) is 0.615. The fourth-order valence-electron chi connectivity index (χ4n) is 0.0757. The Balaban J connectivity index is 3.42. The van der Waals surface area contributed by atoms with Gasteiger partial charge in [-0.1, -0.05) is 0 Å². The molecule has 0 amide bonds. The van der Waals surface area contributed by atoms with Gasteiger partial charge < -0.3 is 0 Å². The Morgan fingerprint density at radius 2 is 2.00 bits per heavy atom. The predicted molar refractivity (Wildman–Crippen MR) is 27.7 cm³/mol. The Morgan fingerprint density at radius 1 is 1.50 bits per heavy atom. The van der Waals surface area contributed by atoms with Gasteiger partial charge in [-0.05, 0) is 0 Å². The van der Waals surface area contributed by atoms with Gasteiger partial charge in [0, 0.05) is 10.7 Å². The molecule has 0 aromatic carbocycles. The highest BCUT2D eigenvalue weighted by Gasteiger charge is 2.02. The summed E-state index contributed by atoms with van der Waals surface area (Å²) in [6.45, 7) is -0.576. The smallest absolute Gasteiger partial charge is 0.249 e. The first-order chi connectivity index (χ1) is 3.56. The highest BCUT2D eigenvalue weighted by molar-refractivity contribution is 8.09. The van der Waals surface area contributed by atoms with E-state index < -0.39 is 16.1 Å². The Morgan fingerprint density at radius 3 is 2.12 bits per heavy atom. The van der Waals surface area contributed by atoms with Crippen molar-refractivity contribution < 1.29 is 16.9 Å². The van der Waals surface area contributed by atoms with E-state index in [1.807, 2.05) is 0 Å². The third-order valence-corrected chi connectivity index (χ3v) is 0.968. The minimum Gasteiger partial charge on any atom is -0.249 e. The number of halogens is 2. The molecule has 0 rings (SSSR count). The van der Waals surface area contributed by atoms with Crippen molar-refractivity contribution >= 4 is 31.9 Å². The van der Waals surface area contributed by atoms with Crippen LogP contribution in [-0.2, 0) is 17.8 Å². The van der Waals surface area contributed by atoms with Gasteiger partial charge >= 0.3 is 9.33 Å². The zero-order valence-electron chi connectivity index (χ0n) is 3.50. The first-order valence-electron chi connectivity index (χ1n) is 1.39. The summed E-state index contributed by atoms with van der Waals surface area (Å²) < 4.78 is 27.1. The number of hydrogen-bond acceptors (Lipinski definition) is 4. The molecule has 8 heavy (non-hydrogen) atoms. The summed E-state index contributed by atoms with van der Waals surface area (Å²) in [6.07, 6.45) is 0. The lowest BCUT2D eigenvalue weighted by Crippen LogP contribution is -1.97. The first kappa shape index (κ1) is 8.45. The molecule has 4 nitrogen and oxygen atoms in total. The van der Waals surface area contributed by atoms with E-state index in [0.29, 0.717) is 0 Å². The Labute approximate surface area is 56.1 Å². The lowest BCUT2D eigenvalue weighted by Gasteiger charge is -1.90. The van der Waals surface area contributed by atoms with Crippen LogP contribution in [0.3, 0.4) is 0 Å². The van der Waals surface area contributed by atoms with Crippen molar-refractivity contribution in [1.82, 2.24) is 0 Å². The maximum atomic E-state index is 9.79. The van der Waals surface area contributed by atoms with E-state index >= 15 is 0 Å². The molecule has 0 heterocycles. The lowest BCUT2D eigenvalue weighted by atomic mass is 11.6. The Hall–Kier alpha value is 0.450. The zero-order chi connectivity index (χ0) is 6.62. The third-order valence-electron chi connectivity index (χ3n) is 0.233. The fourth-order valence-corrected chi connectivity index (χ4v) is 0.445. The van der Waals surface area contributed by atoms with E-state index in [1.54, 1.807) is 0 Å². The SMILES string of the molecule is O=S(=O)(Cl)OCOCl. The van der Waals surface area contributed by atoms with E-state index in [1.165, 1.54) is 0 Å².